The van der Waals surface area contributed by atoms with Crippen LogP contribution < -0.4 is 5.73 Å². The van der Waals surface area contributed by atoms with Crippen molar-refractivity contribution in [3.05, 3.63) is 0 Å². The van der Waals surface area contributed by atoms with Gasteiger partial charge in [-0.2, -0.15) is 0 Å². The highest BCUT2D eigenvalue weighted by molar-refractivity contribution is 5.85. The first-order valence-corrected chi connectivity index (χ1v) is 5.28. The van der Waals surface area contributed by atoms with Gasteiger partial charge in [0.2, 0.25) is 0 Å². The molecule has 0 aliphatic carbocycles. The maximum absolute atomic E-state index is 11.2. The summed E-state index contributed by atoms with van der Waals surface area (Å²) >= 11 is 0. The number of rotatable bonds is 5. The summed E-state index contributed by atoms with van der Waals surface area (Å²) in [5.74, 6) is -0.109. The maximum Gasteiger partial charge on any atom is 0.306 e. The van der Waals surface area contributed by atoms with Crippen molar-refractivity contribution in [2.75, 3.05) is 0 Å². The molecule has 4 heteroatoms. The van der Waals surface area contributed by atoms with E-state index in [0.29, 0.717) is 6.42 Å². The van der Waals surface area contributed by atoms with E-state index in [1.165, 1.54) is 0 Å². The Morgan fingerprint density at radius 1 is 1.33 bits per heavy atom. The van der Waals surface area contributed by atoms with E-state index < -0.39 is 0 Å². The molecule has 2 N–H and O–H groups in total. The Kier molecular flexibility index (Phi) is 9.07. The molecule has 0 aromatic carbocycles. The van der Waals surface area contributed by atoms with Crippen molar-refractivity contribution in [2.45, 2.75) is 65.0 Å². The Morgan fingerprint density at radius 2 is 1.87 bits per heavy atom. The normalized spacial score (nSPS) is 12.9. The highest BCUT2D eigenvalue weighted by Gasteiger charge is 2.15. The monoisotopic (exact) mass is 237 g/mol. The second kappa shape index (κ2) is 7.94. The van der Waals surface area contributed by atoms with Crippen LogP contribution in [-0.4, -0.2) is 17.6 Å². The van der Waals surface area contributed by atoms with Crippen LogP contribution in [0.5, 0.6) is 0 Å². The van der Waals surface area contributed by atoms with Crippen LogP contribution in [0.1, 0.15) is 53.4 Å². The van der Waals surface area contributed by atoms with Crippen LogP contribution in [0, 0.1) is 0 Å². The van der Waals surface area contributed by atoms with E-state index in [2.05, 4.69) is 0 Å². The molecule has 0 aromatic heterocycles. The number of hydrogen-bond acceptors (Lipinski definition) is 3. The van der Waals surface area contributed by atoms with Gasteiger partial charge < -0.3 is 10.5 Å². The lowest BCUT2D eigenvalue weighted by molar-refractivity contribution is -0.154. The molecule has 0 bridgehead atoms. The average Bonchev–Trinajstić information content (AvgIpc) is 1.94. The SMILES string of the molecule is C[C@H](N)CCCCC(=O)OC(C)(C)C.Cl. The van der Waals surface area contributed by atoms with Gasteiger partial charge >= 0.3 is 5.97 Å². The number of unbranched alkanes of at least 4 members (excludes halogenated alkanes) is 1. The molecule has 0 rings (SSSR count). The van der Waals surface area contributed by atoms with E-state index in [9.17, 15) is 4.79 Å². The summed E-state index contributed by atoms with van der Waals surface area (Å²) in [4.78, 5) is 11.2. The Morgan fingerprint density at radius 3 is 2.27 bits per heavy atom. The van der Waals surface area contributed by atoms with Crippen LogP contribution in [0.4, 0.5) is 0 Å². The quantitative estimate of drug-likeness (QED) is 0.591. The van der Waals surface area contributed by atoms with Gasteiger partial charge in [0.25, 0.3) is 0 Å². The zero-order chi connectivity index (χ0) is 11.2. The molecule has 0 fully saturated rings. The van der Waals surface area contributed by atoms with Crippen LogP contribution >= 0.6 is 12.4 Å². The Bertz CT molecular complexity index is 176. The van der Waals surface area contributed by atoms with Gasteiger partial charge in [-0.15, -0.1) is 12.4 Å². The molecule has 1 atom stereocenters. The first-order valence-electron chi connectivity index (χ1n) is 5.28. The van der Waals surface area contributed by atoms with E-state index in [0.717, 1.165) is 19.3 Å². The van der Waals surface area contributed by atoms with Crippen LogP contribution in [0.3, 0.4) is 0 Å². The Hall–Kier alpha value is -0.280. The molecule has 0 amide bonds. The minimum atomic E-state index is -0.363. The Labute approximate surface area is 99.2 Å². The van der Waals surface area contributed by atoms with Crippen molar-refractivity contribution in [3.8, 4) is 0 Å². The predicted molar refractivity (Wildman–Crippen MR) is 65.2 cm³/mol. The highest BCUT2D eigenvalue weighted by Crippen LogP contribution is 2.10. The zero-order valence-electron chi connectivity index (χ0n) is 10.2. The summed E-state index contributed by atoms with van der Waals surface area (Å²) in [5.41, 5.74) is 5.23. The molecule has 0 radical (unpaired) electrons. The van der Waals surface area contributed by atoms with Crippen LogP contribution in [-0.2, 0) is 9.53 Å². The molecule has 92 valence electrons. The van der Waals surface area contributed by atoms with Gasteiger partial charge in [-0.1, -0.05) is 6.42 Å². The second-order valence-corrected chi connectivity index (χ2v) is 4.81. The van der Waals surface area contributed by atoms with Crippen molar-refractivity contribution in [1.29, 1.82) is 0 Å². The van der Waals surface area contributed by atoms with E-state index in [1.807, 2.05) is 27.7 Å². The number of esters is 1. The first kappa shape index (κ1) is 17.1. The van der Waals surface area contributed by atoms with E-state index in [-0.39, 0.29) is 30.0 Å². The van der Waals surface area contributed by atoms with Gasteiger partial charge in [0.1, 0.15) is 5.60 Å². The molecule has 0 aliphatic heterocycles. The molecule has 15 heavy (non-hydrogen) atoms. The van der Waals surface area contributed by atoms with Crippen LogP contribution in [0.25, 0.3) is 0 Å². The molecule has 3 nitrogen and oxygen atoms in total. The molecular weight excluding hydrogens is 214 g/mol. The zero-order valence-corrected chi connectivity index (χ0v) is 11.0. The van der Waals surface area contributed by atoms with E-state index in [4.69, 9.17) is 10.5 Å². The van der Waals surface area contributed by atoms with Gasteiger partial charge in [0, 0.05) is 12.5 Å². The van der Waals surface area contributed by atoms with Crippen molar-refractivity contribution in [2.24, 2.45) is 5.73 Å². The van der Waals surface area contributed by atoms with Crippen molar-refractivity contribution in [3.63, 3.8) is 0 Å². The van der Waals surface area contributed by atoms with Gasteiger partial charge in [-0.3, -0.25) is 4.79 Å². The van der Waals surface area contributed by atoms with Gasteiger partial charge in [0.05, 0.1) is 0 Å². The number of carbonyl (C=O) groups excluding carboxylic acids is 1. The fourth-order valence-corrected chi connectivity index (χ4v) is 1.13. The lowest BCUT2D eigenvalue weighted by Crippen LogP contribution is -2.23. The van der Waals surface area contributed by atoms with E-state index >= 15 is 0 Å². The third-order valence-electron chi connectivity index (χ3n) is 1.71. The summed E-state index contributed by atoms with van der Waals surface area (Å²) in [7, 11) is 0. The maximum atomic E-state index is 11.2. The number of ether oxygens (including phenoxy) is 1. The minimum Gasteiger partial charge on any atom is -0.460 e. The molecule has 0 saturated heterocycles. The third kappa shape index (κ3) is 13.7. The number of halogens is 1. The smallest absolute Gasteiger partial charge is 0.306 e. The molecule has 0 saturated carbocycles. The molecule has 0 spiro atoms. The highest BCUT2D eigenvalue weighted by atomic mass is 35.5. The first-order chi connectivity index (χ1) is 6.31. The van der Waals surface area contributed by atoms with Crippen molar-refractivity contribution in [1.82, 2.24) is 0 Å². The topological polar surface area (TPSA) is 52.3 Å². The van der Waals surface area contributed by atoms with Gasteiger partial charge in [-0.05, 0) is 40.5 Å². The summed E-state index contributed by atoms with van der Waals surface area (Å²) in [5, 5.41) is 0. The summed E-state index contributed by atoms with van der Waals surface area (Å²) in [6.45, 7) is 7.63. The fourth-order valence-electron chi connectivity index (χ4n) is 1.13. The van der Waals surface area contributed by atoms with Gasteiger partial charge in [-0.25, -0.2) is 0 Å². The van der Waals surface area contributed by atoms with Crippen LogP contribution in [0.2, 0.25) is 0 Å². The van der Waals surface area contributed by atoms with Crippen molar-refractivity contribution < 1.29 is 9.53 Å². The Balaban J connectivity index is 0. The fraction of sp³-hybridized carbons (Fsp3) is 0.909. The number of hydrogen-bond donors (Lipinski definition) is 1. The lowest BCUT2D eigenvalue weighted by Gasteiger charge is -2.19. The van der Waals surface area contributed by atoms with E-state index in [1.54, 1.807) is 0 Å². The standard InChI is InChI=1S/C11H23NO2.ClH/c1-9(12)7-5-6-8-10(13)14-11(2,3)4;/h9H,5-8,12H2,1-4H3;1H/t9-;/m0./s1. The molecule has 0 aromatic rings. The molecule has 0 aliphatic rings. The molecule has 0 heterocycles. The van der Waals surface area contributed by atoms with Crippen molar-refractivity contribution >= 4 is 18.4 Å². The largest absolute Gasteiger partial charge is 0.460 e. The summed E-state index contributed by atoms with van der Waals surface area (Å²) in [6.07, 6.45) is 3.35. The summed E-state index contributed by atoms with van der Waals surface area (Å²) < 4.78 is 5.17. The molecular formula is C11H24ClNO2. The lowest BCUT2D eigenvalue weighted by atomic mass is 10.1. The summed E-state index contributed by atoms with van der Waals surface area (Å²) in [6, 6.07) is 0.230. The number of nitrogens with two attached hydrogens (primary N) is 1. The van der Waals surface area contributed by atoms with Gasteiger partial charge in [0.15, 0.2) is 0 Å². The second-order valence-electron chi connectivity index (χ2n) is 4.81. The minimum absolute atomic E-state index is 0. The number of carbonyl (C=O) groups is 1. The molecule has 0 unspecified atom stereocenters. The predicted octanol–water partition coefficient (Wildman–Crippen LogP) is 2.66. The average molecular weight is 238 g/mol. The third-order valence-corrected chi connectivity index (χ3v) is 1.71. The van der Waals surface area contributed by atoms with Crippen LogP contribution in [0.15, 0.2) is 0 Å².